The number of likely N-dealkylation sites (tertiary alicyclic amines) is 1. The second-order valence-electron chi connectivity index (χ2n) is 6.31. The van der Waals surface area contributed by atoms with Crippen molar-refractivity contribution in [3.8, 4) is 5.75 Å². The van der Waals surface area contributed by atoms with E-state index in [0.29, 0.717) is 6.54 Å². The van der Waals surface area contributed by atoms with Gasteiger partial charge in [-0.3, -0.25) is 4.90 Å². The third-order valence-electron chi connectivity index (χ3n) is 4.62. The van der Waals surface area contributed by atoms with Crippen LogP contribution in [0.2, 0.25) is 0 Å². The fourth-order valence-electron chi connectivity index (χ4n) is 3.54. The van der Waals surface area contributed by atoms with Gasteiger partial charge in [0.15, 0.2) is 0 Å². The summed E-state index contributed by atoms with van der Waals surface area (Å²) in [5, 5.41) is 29.8. The molecule has 4 nitrogen and oxygen atoms in total. The summed E-state index contributed by atoms with van der Waals surface area (Å²) in [6.07, 6.45) is -0.533. The van der Waals surface area contributed by atoms with E-state index in [2.05, 4.69) is 17.0 Å². The smallest absolute Gasteiger partial charge is 0.115 e. The van der Waals surface area contributed by atoms with Crippen molar-refractivity contribution in [1.29, 1.82) is 0 Å². The maximum Gasteiger partial charge on any atom is 0.115 e. The topological polar surface area (TPSA) is 63.9 Å². The molecule has 2 aromatic carbocycles. The quantitative estimate of drug-likeness (QED) is 0.807. The van der Waals surface area contributed by atoms with Crippen LogP contribution in [0.15, 0.2) is 54.6 Å². The normalized spacial score (nSPS) is 25.4. The number of phenolic OH excluding ortho intramolecular Hbond substituents is 1. The Balaban J connectivity index is 1.74. The van der Waals surface area contributed by atoms with Crippen molar-refractivity contribution in [3.63, 3.8) is 0 Å². The van der Waals surface area contributed by atoms with Crippen molar-refractivity contribution in [1.82, 2.24) is 4.90 Å². The molecular formula is C19H23NO3. The molecule has 3 N–H and O–H groups in total. The Morgan fingerprint density at radius 2 is 1.65 bits per heavy atom. The van der Waals surface area contributed by atoms with Crippen LogP contribution in [0.4, 0.5) is 0 Å². The van der Waals surface area contributed by atoms with E-state index in [4.69, 9.17) is 0 Å². The number of nitrogens with zero attached hydrogens (tertiary/aromatic N) is 1. The van der Waals surface area contributed by atoms with Gasteiger partial charge >= 0.3 is 0 Å². The molecule has 3 rings (SSSR count). The molecule has 23 heavy (non-hydrogen) atoms. The number of hydrogen-bond donors (Lipinski definition) is 3. The number of phenols is 1. The summed E-state index contributed by atoms with van der Waals surface area (Å²) in [6, 6.07) is 17.1. The largest absolute Gasteiger partial charge is 0.508 e. The minimum atomic E-state index is -0.533. The first-order chi connectivity index (χ1) is 11.2. The SMILES string of the molecule is OC[C@H]1CN(Cc2ccccc2)C[C@@H](O)[C@@H]1c1ccc(O)cc1. The van der Waals surface area contributed by atoms with Gasteiger partial charge in [0.2, 0.25) is 0 Å². The third-order valence-corrected chi connectivity index (χ3v) is 4.62. The van der Waals surface area contributed by atoms with Crippen LogP contribution in [-0.4, -0.2) is 46.0 Å². The first-order valence-corrected chi connectivity index (χ1v) is 8.01. The molecule has 0 saturated carbocycles. The Kier molecular flexibility index (Phi) is 4.96. The lowest BCUT2D eigenvalue weighted by Gasteiger charge is -2.41. The van der Waals surface area contributed by atoms with Crippen molar-refractivity contribution < 1.29 is 15.3 Å². The molecule has 122 valence electrons. The number of β-amino-alcohol motifs (C(OH)–C–C–N with tert-alkyl or cyclic N) is 1. The Hall–Kier alpha value is -1.88. The molecule has 1 fully saturated rings. The van der Waals surface area contributed by atoms with Gasteiger partial charge in [0.25, 0.3) is 0 Å². The van der Waals surface area contributed by atoms with Crippen LogP contribution < -0.4 is 0 Å². The van der Waals surface area contributed by atoms with Gasteiger partial charge < -0.3 is 15.3 Å². The molecule has 1 aliphatic heterocycles. The highest BCUT2D eigenvalue weighted by Gasteiger charge is 2.36. The lowest BCUT2D eigenvalue weighted by Crippen LogP contribution is -2.48. The highest BCUT2D eigenvalue weighted by Crippen LogP contribution is 2.34. The molecule has 1 saturated heterocycles. The van der Waals surface area contributed by atoms with Gasteiger partial charge in [-0.1, -0.05) is 42.5 Å². The molecule has 1 heterocycles. The van der Waals surface area contributed by atoms with Gasteiger partial charge in [0.05, 0.1) is 6.10 Å². The minimum Gasteiger partial charge on any atom is -0.508 e. The van der Waals surface area contributed by atoms with Gasteiger partial charge in [-0.15, -0.1) is 0 Å². The van der Waals surface area contributed by atoms with Gasteiger partial charge in [0, 0.05) is 38.1 Å². The summed E-state index contributed by atoms with van der Waals surface area (Å²) >= 11 is 0. The van der Waals surface area contributed by atoms with Gasteiger partial charge in [-0.25, -0.2) is 0 Å². The van der Waals surface area contributed by atoms with E-state index in [1.807, 2.05) is 30.3 Å². The number of aliphatic hydroxyl groups excluding tert-OH is 2. The van der Waals surface area contributed by atoms with E-state index in [9.17, 15) is 15.3 Å². The van der Waals surface area contributed by atoms with Crippen molar-refractivity contribution in [2.24, 2.45) is 5.92 Å². The summed E-state index contributed by atoms with van der Waals surface area (Å²) in [7, 11) is 0. The lowest BCUT2D eigenvalue weighted by atomic mass is 9.79. The maximum absolute atomic E-state index is 10.6. The van der Waals surface area contributed by atoms with Crippen LogP contribution in [0.5, 0.6) is 5.75 Å². The average Bonchev–Trinajstić information content (AvgIpc) is 2.56. The number of aliphatic hydroxyl groups is 2. The van der Waals surface area contributed by atoms with Gasteiger partial charge in [0.1, 0.15) is 5.75 Å². The van der Waals surface area contributed by atoms with Crippen LogP contribution >= 0.6 is 0 Å². The Morgan fingerprint density at radius 1 is 0.957 bits per heavy atom. The fourth-order valence-corrected chi connectivity index (χ4v) is 3.54. The van der Waals surface area contributed by atoms with Crippen LogP contribution in [0.3, 0.4) is 0 Å². The van der Waals surface area contributed by atoms with E-state index in [1.165, 1.54) is 5.56 Å². The number of benzene rings is 2. The zero-order chi connectivity index (χ0) is 16.2. The van der Waals surface area contributed by atoms with Crippen LogP contribution in [0.25, 0.3) is 0 Å². The zero-order valence-corrected chi connectivity index (χ0v) is 13.0. The molecular weight excluding hydrogens is 290 g/mol. The molecule has 4 heteroatoms. The molecule has 0 unspecified atom stereocenters. The van der Waals surface area contributed by atoms with Gasteiger partial charge in [-0.2, -0.15) is 0 Å². The van der Waals surface area contributed by atoms with Crippen molar-refractivity contribution in [2.45, 2.75) is 18.6 Å². The Labute approximate surface area is 136 Å². The van der Waals surface area contributed by atoms with Crippen molar-refractivity contribution in [3.05, 3.63) is 65.7 Å². The Morgan fingerprint density at radius 3 is 2.30 bits per heavy atom. The van der Waals surface area contributed by atoms with E-state index in [1.54, 1.807) is 12.1 Å². The van der Waals surface area contributed by atoms with Crippen LogP contribution in [0, 0.1) is 5.92 Å². The van der Waals surface area contributed by atoms with E-state index in [-0.39, 0.29) is 24.2 Å². The number of hydrogen-bond acceptors (Lipinski definition) is 4. The fraction of sp³-hybridized carbons (Fsp3) is 0.368. The molecule has 0 aliphatic carbocycles. The maximum atomic E-state index is 10.6. The number of piperidine rings is 1. The molecule has 0 radical (unpaired) electrons. The highest BCUT2D eigenvalue weighted by atomic mass is 16.3. The predicted octanol–water partition coefficient (Wildman–Crippen LogP) is 1.96. The summed E-state index contributed by atoms with van der Waals surface area (Å²) in [4.78, 5) is 2.19. The zero-order valence-electron chi connectivity index (χ0n) is 13.0. The average molecular weight is 313 g/mol. The van der Waals surface area contributed by atoms with Gasteiger partial charge in [-0.05, 0) is 23.3 Å². The summed E-state index contributed by atoms with van der Waals surface area (Å²) in [5.41, 5.74) is 2.17. The first-order valence-electron chi connectivity index (χ1n) is 8.01. The molecule has 0 spiro atoms. The second-order valence-corrected chi connectivity index (χ2v) is 6.31. The summed E-state index contributed by atoms with van der Waals surface area (Å²) in [6.45, 7) is 2.13. The van der Waals surface area contributed by atoms with Crippen molar-refractivity contribution >= 4 is 0 Å². The third kappa shape index (κ3) is 3.72. The van der Waals surface area contributed by atoms with Crippen LogP contribution in [0.1, 0.15) is 17.0 Å². The summed E-state index contributed by atoms with van der Waals surface area (Å²) < 4.78 is 0. The second kappa shape index (κ2) is 7.13. The highest BCUT2D eigenvalue weighted by molar-refractivity contribution is 5.30. The van der Waals surface area contributed by atoms with E-state index < -0.39 is 6.10 Å². The number of aromatic hydroxyl groups is 1. The monoisotopic (exact) mass is 313 g/mol. The standard InChI is InChI=1S/C19H23NO3/c21-13-16-11-20(10-14-4-2-1-3-5-14)12-18(23)19(16)15-6-8-17(22)9-7-15/h1-9,16,18-19,21-23H,10-13H2/t16-,18-,19-/m1/s1. The molecule has 0 bridgehead atoms. The van der Waals surface area contributed by atoms with E-state index >= 15 is 0 Å². The minimum absolute atomic E-state index is 0.0213. The summed E-state index contributed by atoms with van der Waals surface area (Å²) in [5.74, 6) is 0.0879. The van der Waals surface area contributed by atoms with Crippen LogP contribution in [-0.2, 0) is 6.54 Å². The molecule has 0 amide bonds. The predicted molar refractivity (Wildman–Crippen MR) is 89.1 cm³/mol. The Bertz CT molecular complexity index is 614. The molecule has 2 aromatic rings. The number of rotatable bonds is 4. The van der Waals surface area contributed by atoms with E-state index in [0.717, 1.165) is 18.7 Å². The molecule has 0 aromatic heterocycles. The first kappa shape index (κ1) is 16.0. The lowest BCUT2D eigenvalue weighted by molar-refractivity contribution is -0.00341. The van der Waals surface area contributed by atoms with Crippen molar-refractivity contribution in [2.75, 3.05) is 19.7 Å². The molecule has 3 atom stereocenters. The molecule has 1 aliphatic rings.